The van der Waals surface area contributed by atoms with Crippen molar-refractivity contribution in [1.29, 1.82) is 0 Å². The minimum absolute atomic E-state index is 0.250. The number of ether oxygens (including phenoxy) is 1. The molecule has 0 saturated heterocycles. The number of amides is 2. The monoisotopic (exact) mass is 323 g/mol. The summed E-state index contributed by atoms with van der Waals surface area (Å²) in [6, 6.07) is 4.30. The Kier molecular flexibility index (Phi) is 6.37. The number of nitrogens with one attached hydrogen (secondary N) is 3. The first kappa shape index (κ1) is 17.2. The lowest BCUT2D eigenvalue weighted by Crippen LogP contribution is -2.38. The Hall–Kier alpha value is -2.12. The van der Waals surface area contributed by atoms with Gasteiger partial charge in [0.25, 0.3) is 0 Å². The van der Waals surface area contributed by atoms with Crippen molar-refractivity contribution in [2.24, 2.45) is 0 Å². The fourth-order valence-electron chi connectivity index (χ4n) is 2.36. The molecule has 7 heteroatoms. The Morgan fingerprint density at radius 3 is 2.96 bits per heavy atom. The number of H-pyrrole nitrogens is 1. The molecule has 1 unspecified atom stereocenters. The fourth-order valence-corrected chi connectivity index (χ4v) is 2.36. The van der Waals surface area contributed by atoms with Gasteiger partial charge in [-0.25, -0.2) is 9.18 Å². The lowest BCUT2D eigenvalue weighted by atomic mass is 10.1. The van der Waals surface area contributed by atoms with E-state index in [-0.39, 0.29) is 18.5 Å². The smallest absolute Gasteiger partial charge is 0.314 e. The molecule has 0 bridgehead atoms. The molecule has 0 fully saturated rings. The predicted octanol–water partition coefficient (Wildman–Crippen LogP) is 1.55. The van der Waals surface area contributed by atoms with Crippen molar-refractivity contribution >= 4 is 16.9 Å². The molecule has 2 aromatic rings. The highest BCUT2D eigenvalue weighted by atomic mass is 19.1. The first-order valence-electron chi connectivity index (χ1n) is 7.54. The van der Waals surface area contributed by atoms with E-state index in [1.165, 1.54) is 19.2 Å². The van der Waals surface area contributed by atoms with Gasteiger partial charge >= 0.3 is 6.03 Å². The van der Waals surface area contributed by atoms with Crippen LogP contribution in [0.25, 0.3) is 10.9 Å². The molecule has 1 aromatic carbocycles. The molecule has 0 radical (unpaired) electrons. The minimum Gasteiger partial charge on any atom is -0.391 e. The third kappa shape index (κ3) is 5.22. The first-order valence-corrected chi connectivity index (χ1v) is 7.54. The second-order valence-electron chi connectivity index (χ2n) is 5.33. The second kappa shape index (κ2) is 8.50. The van der Waals surface area contributed by atoms with Gasteiger partial charge in [-0.15, -0.1) is 0 Å². The average molecular weight is 323 g/mol. The van der Waals surface area contributed by atoms with E-state index in [0.717, 1.165) is 16.5 Å². The van der Waals surface area contributed by atoms with Crippen LogP contribution in [0.3, 0.4) is 0 Å². The topological polar surface area (TPSA) is 86.4 Å². The van der Waals surface area contributed by atoms with Crippen LogP contribution >= 0.6 is 0 Å². The van der Waals surface area contributed by atoms with Crippen LogP contribution in [-0.4, -0.2) is 49.0 Å². The molecule has 0 saturated carbocycles. The van der Waals surface area contributed by atoms with Gasteiger partial charge in [0, 0.05) is 37.3 Å². The number of rotatable bonds is 8. The number of carbonyl (C=O) groups is 1. The van der Waals surface area contributed by atoms with E-state index in [2.05, 4.69) is 15.6 Å². The van der Waals surface area contributed by atoms with Gasteiger partial charge in [0.15, 0.2) is 0 Å². The van der Waals surface area contributed by atoms with E-state index in [1.54, 1.807) is 6.07 Å². The number of halogens is 1. The minimum atomic E-state index is -0.582. The van der Waals surface area contributed by atoms with Crippen LogP contribution < -0.4 is 10.6 Å². The molecule has 6 nitrogen and oxygen atoms in total. The lowest BCUT2D eigenvalue weighted by Gasteiger charge is -2.10. The third-order valence-electron chi connectivity index (χ3n) is 3.53. The van der Waals surface area contributed by atoms with Gasteiger partial charge < -0.3 is 25.5 Å². The summed E-state index contributed by atoms with van der Waals surface area (Å²) in [6.07, 6.45) is 2.28. The lowest BCUT2D eigenvalue weighted by molar-refractivity contribution is 0.0599. The largest absolute Gasteiger partial charge is 0.391 e. The highest BCUT2D eigenvalue weighted by Gasteiger charge is 2.07. The predicted molar refractivity (Wildman–Crippen MR) is 85.9 cm³/mol. The number of carbonyl (C=O) groups excluding carboxylic acids is 1. The normalized spacial score (nSPS) is 12.3. The Morgan fingerprint density at radius 1 is 1.39 bits per heavy atom. The highest BCUT2D eigenvalue weighted by Crippen LogP contribution is 2.19. The molecular formula is C16H22FN3O3. The van der Waals surface area contributed by atoms with E-state index in [0.29, 0.717) is 25.9 Å². The van der Waals surface area contributed by atoms with Crippen LogP contribution in [0.5, 0.6) is 0 Å². The number of aliphatic hydroxyl groups is 1. The zero-order chi connectivity index (χ0) is 16.7. The van der Waals surface area contributed by atoms with Gasteiger partial charge in [0.1, 0.15) is 5.82 Å². The Labute approximate surface area is 134 Å². The van der Waals surface area contributed by atoms with Gasteiger partial charge in [0.05, 0.1) is 12.7 Å². The zero-order valence-corrected chi connectivity index (χ0v) is 13.1. The first-order chi connectivity index (χ1) is 11.1. The van der Waals surface area contributed by atoms with Crippen molar-refractivity contribution < 1.29 is 19.0 Å². The molecule has 126 valence electrons. The molecule has 2 amide bonds. The van der Waals surface area contributed by atoms with Crippen molar-refractivity contribution in [3.8, 4) is 0 Å². The van der Waals surface area contributed by atoms with E-state index in [9.17, 15) is 14.3 Å². The SMILES string of the molecule is COCC(O)CCNC(=O)NCCc1c[nH]c2ccc(F)cc12. The van der Waals surface area contributed by atoms with E-state index in [4.69, 9.17) is 4.74 Å². The summed E-state index contributed by atoms with van der Waals surface area (Å²) < 4.78 is 18.1. The Balaban J connectivity index is 1.71. The molecule has 23 heavy (non-hydrogen) atoms. The van der Waals surface area contributed by atoms with Crippen LogP contribution in [0.15, 0.2) is 24.4 Å². The molecule has 4 N–H and O–H groups in total. The number of fused-ring (bicyclic) bond motifs is 1. The number of aliphatic hydroxyl groups excluding tert-OH is 1. The third-order valence-corrected chi connectivity index (χ3v) is 3.53. The van der Waals surface area contributed by atoms with E-state index < -0.39 is 6.10 Å². The molecule has 0 aliphatic rings. The molecular weight excluding hydrogens is 301 g/mol. The van der Waals surface area contributed by atoms with Crippen LogP contribution in [0.4, 0.5) is 9.18 Å². The van der Waals surface area contributed by atoms with E-state index in [1.807, 2.05) is 6.20 Å². The van der Waals surface area contributed by atoms with Crippen molar-refractivity contribution in [2.45, 2.75) is 18.9 Å². The Morgan fingerprint density at radius 2 is 2.17 bits per heavy atom. The quantitative estimate of drug-likeness (QED) is 0.594. The number of hydrogen-bond donors (Lipinski definition) is 4. The summed E-state index contributed by atoms with van der Waals surface area (Å²) in [6.45, 7) is 1.06. The maximum absolute atomic E-state index is 13.3. The zero-order valence-electron chi connectivity index (χ0n) is 13.1. The van der Waals surface area contributed by atoms with Crippen LogP contribution in [0.2, 0.25) is 0 Å². The molecule has 1 atom stereocenters. The van der Waals surface area contributed by atoms with Crippen molar-refractivity contribution in [1.82, 2.24) is 15.6 Å². The number of aromatic amines is 1. The molecule has 2 rings (SSSR count). The highest BCUT2D eigenvalue weighted by molar-refractivity contribution is 5.83. The van der Waals surface area contributed by atoms with Gasteiger partial charge in [-0.3, -0.25) is 0 Å². The number of urea groups is 1. The van der Waals surface area contributed by atoms with Gasteiger partial charge in [-0.1, -0.05) is 0 Å². The average Bonchev–Trinajstić information content (AvgIpc) is 2.90. The summed E-state index contributed by atoms with van der Waals surface area (Å²) in [4.78, 5) is 14.7. The fraction of sp³-hybridized carbons (Fsp3) is 0.438. The van der Waals surface area contributed by atoms with Crippen LogP contribution in [0.1, 0.15) is 12.0 Å². The summed E-state index contributed by atoms with van der Waals surface area (Å²) in [5.74, 6) is -0.279. The van der Waals surface area contributed by atoms with Crippen molar-refractivity contribution in [3.63, 3.8) is 0 Å². The molecule has 0 aliphatic heterocycles. The molecule has 1 aromatic heterocycles. The number of benzene rings is 1. The van der Waals surface area contributed by atoms with Gasteiger partial charge in [-0.05, 0) is 36.6 Å². The maximum atomic E-state index is 13.3. The van der Waals surface area contributed by atoms with Crippen molar-refractivity contribution in [2.75, 3.05) is 26.8 Å². The maximum Gasteiger partial charge on any atom is 0.314 e. The van der Waals surface area contributed by atoms with Gasteiger partial charge in [-0.2, -0.15) is 0 Å². The van der Waals surface area contributed by atoms with Crippen LogP contribution in [0, 0.1) is 5.82 Å². The van der Waals surface area contributed by atoms with Crippen molar-refractivity contribution in [3.05, 3.63) is 35.8 Å². The molecule has 1 heterocycles. The second-order valence-corrected chi connectivity index (χ2v) is 5.33. The van der Waals surface area contributed by atoms with E-state index >= 15 is 0 Å². The summed E-state index contributed by atoms with van der Waals surface area (Å²) in [5.41, 5.74) is 1.83. The number of aromatic nitrogens is 1. The summed E-state index contributed by atoms with van der Waals surface area (Å²) >= 11 is 0. The molecule has 0 aliphatic carbocycles. The number of methoxy groups -OCH3 is 1. The summed E-state index contributed by atoms with van der Waals surface area (Å²) in [7, 11) is 1.51. The standard InChI is InChI=1S/C16H22FN3O3/c1-23-10-13(21)5-7-19-16(22)18-6-4-11-9-20-15-3-2-12(17)8-14(11)15/h2-3,8-9,13,20-21H,4-7,10H2,1H3,(H2,18,19,22). The van der Waals surface area contributed by atoms with Crippen LogP contribution in [-0.2, 0) is 11.2 Å². The molecule has 0 spiro atoms. The Bertz CT molecular complexity index is 645. The van der Waals surface area contributed by atoms with Gasteiger partial charge in [0.2, 0.25) is 0 Å². The number of hydrogen-bond acceptors (Lipinski definition) is 3. The summed E-state index contributed by atoms with van der Waals surface area (Å²) in [5, 5.41) is 15.7.